The highest BCUT2D eigenvalue weighted by Gasteiger charge is 2.13. The van der Waals surface area contributed by atoms with Crippen LogP contribution in [-0.4, -0.2) is 26.3 Å². The van der Waals surface area contributed by atoms with Crippen molar-refractivity contribution in [3.8, 4) is 0 Å². The standard InChI is InChI=1S/C14H21NO3/c1-9-5-10(2)14(11(3)6-9)12(15)7-18-8-13(16)17-4/h5-6,12H,7-8,15H2,1-4H3. The highest BCUT2D eigenvalue weighted by Crippen LogP contribution is 2.22. The topological polar surface area (TPSA) is 61.5 Å². The summed E-state index contributed by atoms with van der Waals surface area (Å²) in [4.78, 5) is 10.9. The Kier molecular flexibility index (Phi) is 5.31. The van der Waals surface area contributed by atoms with Crippen molar-refractivity contribution in [2.24, 2.45) is 5.73 Å². The molecule has 0 aromatic heterocycles. The number of aryl methyl sites for hydroxylation is 3. The molecular formula is C14H21NO3. The van der Waals surface area contributed by atoms with Crippen LogP contribution in [-0.2, 0) is 14.3 Å². The Balaban J connectivity index is 2.67. The molecule has 1 aromatic rings. The van der Waals surface area contributed by atoms with E-state index in [2.05, 4.69) is 23.8 Å². The Morgan fingerprint density at radius 1 is 1.28 bits per heavy atom. The van der Waals surface area contributed by atoms with Gasteiger partial charge in [0.05, 0.1) is 19.8 Å². The molecule has 0 fully saturated rings. The Bertz CT molecular complexity index is 406. The van der Waals surface area contributed by atoms with Crippen molar-refractivity contribution in [2.45, 2.75) is 26.8 Å². The number of carbonyl (C=O) groups is 1. The van der Waals surface area contributed by atoms with Crippen LogP contribution in [0.2, 0.25) is 0 Å². The minimum absolute atomic E-state index is 0.0614. The van der Waals surface area contributed by atoms with Crippen LogP contribution in [0.25, 0.3) is 0 Å². The van der Waals surface area contributed by atoms with Crippen LogP contribution in [0, 0.1) is 20.8 Å². The maximum Gasteiger partial charge on any atom is 0.331 e. The van der Waals surface area contributed by atoms with Gasteiger partial charge in [0.15, 0.2) is 0 Å². The van der Waals surface area contributed by atoms with Gasteiger partial charge in [-0.05, 0) is 37.5 Å². The van der Waals surface area contributed by atoms with Gasteiger partial charge in [0, 0.05) is 0 Å². The van der Waals surface area contributed by atoms with E-state index in [1.165, 1.54) is 12.7 Å². The molecule has 100 valence electrons. The van der Waals surface area contributed by atoms with E-state index in [4.69, 9.17) is 10.5 Å². The number of nitrogens with two attached hydrogens (primary N) is 1. The predicted octanol–water partition coefficient (Wildman–Crippen LogP) is 1.80. The average molecular weight is 251 g/mol. The van der Waals surface area contributed by atoms with Crippen molar-refractivity contribution >= 4 is 5.97 Å². The van der Waals surface area contributed by atoms with Crippen molar-refractivity contribution in [1.29, 1.82) is 0 Å². The van der Waals surface area contributed by atoms with Crippen molar-refractivity contribution in [1.82, 2.24) is 0 Å². The first-order valence-electron chi connectivity index (χ1n) is 5.93. The van der Waals surface area contributed by atoms with Gasteiger partial charge in [-0.3, -0.25) is 0 Å². The van der Waals surface area contributed by atoms with Gasteiger partial charge < -0.3 is 15.2 Å². The lowest BCUT2D eigenvalue weighted by atomic mass is 9.95. The van der Waals surface area contributed by atoms with E-state index in [1.807, 2.05) is 13.8 Å². The first kappa shape index (κ1) is 14.7. The minimum Gasteiger partial charge on any atom is -0.467 e. The van der Waals surface area contributed by atoms with Crippen LogP contribution in [0.15, 0.2) is 12.1 Å². The third kappa shape index (κ3) is 3.82. The largest absolute Gasteiger partial charge is 0.467 e. The number of esters is 1. The molecule has 4 nitrogen and oxygen atoms in total. The fraction of sp³-hybridized carbons (Fsp3) is 0.500. The van der Waals surface area contributed by atoms with Gasteiger partial charge in [-0.1, -0.05) is 17.7 Å². The van der Waals surface area contributed by atoms with Gasteiger partial charge in [-0.2, -0.15) is 0 Å². The molecule has 0 radical (unpaired) electrons. The zero-order valence-electron chi connectivity index (χ0n) is 11.4. The number of hydrogen-bond donors (Lipinski definition) is 1. The summed E-state index contributed by atoms with van der Waals surface area (Å²) < 4.78 is 9.74. The van der Waals surface area contributed by atoms with Crippen LogP contribution in [0.5, 0.6) is 0 Å². The van der Waals surface area contributed by atoms with Gasteiger partial charge in [0.25, 0.3) is 0 Å². The molecule has 0 aliphatic carbocycles. The molecule has 1 unspecified atom stereocenters. The van der Waals surface area contributed by atoms with E-state index in [-0.39, 0.29) is 18.6 Å². The molecule has 0 saturated heterocycles. The third-order valence-corrected chi connectivity index (χ3v) is 2.85. The molecule has 1 atom stereocenters. The van der Waals surface area contributed by atoms with E-state index >= 15 is 0 Å². The van der Waals surface area contributed by atoms with Gasteiger partial charge in [0.1, 0.15) is 6.61 Å². The van der Waals surface area contributed by atoms with Gasteiger partial charge in [-0.25, -0.2) is 4.79 Å². The fourth-order valence-corrected chi connectivity index (χ4v) is 2.19. The third-order valence-electron chi connectivity index (χ3n) is 2.85. The molecule has 18 heavy (non-hydrogen) atoms. The molecule has 0 amide bonds. The van der Waals surface area contributed by atoms with E-state index in [0.717, 1.165) is 16.7 Å². The molecule has 2 N–H and O–H groups in total. The lowest BCUT2D eigenvalue weighted by Gasteiger charge is -2.18. The maximum absolute atomic E-state index is 10.9. The molecule has 0 bridgehead atoms. The number of benzene rings is 1. The average Bonchev–Trinajstić information content (AvgIpc) is 2.27. The van der Waals surface area contributed by atoms with Crippen LogP contribution < -0.4 is 5.73 Å². The highest BCUT2D eigenvalue weighted by molar-refractivity contribution is 5.70. The second-order valence-corrected chi connectivity index (χ2v) is 4.51. The van der Waals surface area contributed by atoms with Gasteiger partial charge >= 0.3 is 5.97 Å². The zero-order chi connectivity index (χ0) is 13.7. The summed E-state index contributed by atoms with van der Waals surface area (Å²) in [6.07, 6.45) is 0. The summed E-state index contributed by atoms with van der Waals surface area (Å²) in [5.74, 6) is -0.389. The molecule has 1 aromatic carbocycles. The molecule has 0 aliphatic rings. The predicted molar refractivity (Wildman–Crippen MR) is 70.4 cm³/mol. The van der Waals surface area contributed by atoms with Crippen LogP contribution in [0.1, 0.15) is 28.3 Å². The summed E-state index contributed by atoms with van der Waals surface area (Å²) in [5, 5.41) is 0. The van der Waals surface area contributed by atoms with E-state index in [1.54, 1.807) is 0 Å². The van der Waals surface area contributed by atoms with Crippen molar-refractivity contribution in [2.75, 3.05) is 20.3 Å². The lowest BCUT2D eigenvalue weighted by molar-refractivity contribution is -0.146. The normalized spacial score (nSPS) is 12.3. The lowest BCUT2D eigenvalue weighted by Crippen LogP contribution is -2.22. The molecule has 0 saturated carbocycles. The first-order chi connectivity index (χ1) is 8.45. The summed E-state index contributed by atoms with van der Waals surface area (Å²) in [7, 11) is 1.33. The molecule has 0 spiro atoms. The smallest absolute Gasteiger partial charge is 0.331 e. The zero-order valence-corrected chi connectivity index (χ0v) is 11.4. The molecule has 0 heterocycles. The number of ether oxygens (including phenoxy) is 2. The fourth-order valence-electron chi connectivity index (χ4n) is 2.19. The van der Waals surface area contributed by atoms with E-state index in [9.17, 15) is 4.79 Å². The second-order valence-electron chi connectivity index (χ2n) is 4.51. The Hall–Kier alpha value is -1.39. The van der Waals surface area contributed by atoms with Crippen molar-refractivity contribution in [3.05, 3.63) is 34.4 Å². The van der Waals surface area contributed by atoms with Crippen LogP contribution in [0.4, 0.5) is 0 Å². The minimum atomic E-state index is -0.389. The molecule has 4 heteroatoms. The monoisotopic (exact) mass is 251 g/mol. The Morgan fingerprint density at radius 2 is 1.83 bits per heavy atom. The Labute approximate surface area is 108 Å². The number of hydrogen-bond acceptors (Lipinski definition) is 4. The summed E-state index contributed by atoms with van der Waals surface area (Å²) >= 11 is 0. The summed E-state index contributed by atoms with van der Waals surface area (Å²) in [5.41, 5.74) is 10.7. The maximum atomic E-state index is 10.9. The molecular weight excluding hydrogens is 230 g/mol. The van der Waals surface area contributed by atoms with Gasteiger partial charge in [0.2, 0.25) is 0 Å². The van der Waals surface area contributed by atoms with E-state index in [0.29, 0.717) is 6.61 Å². The summed E-state index contributed by atoms with van der Waals surface area (Å²) in [6, 6.07) is 3.97. The SMILES string of the molecule is COC(=O)COCC(N)c1c(C)cc(C)cc1C. The van der Waals surface area contributed by atoms with Crippen LogP contribution in [0.3, 0.4) is 0 Å². The molecule has 0 aliphatic heterocycles. The van der Waals surface area contributed by atoms with E-state index < -0.39 is 0 Å². The number of carbonyl (C=O) groups excluding carboxylic acids is 1. The highest BCUT2D eigenvalue weighted by atomic mass is 16.6. The van der Waals surface area contributed by atoms with Gasteiger partial charge in [-0.15, -0.1) is 0 Å². The summed E-state index contributed by atoms with van der Waals surface area (Å²) in [6.45, 7) is 6.38. The Morgan fingerprint density at radius 3 is 2.33 bits per heavy atom. The quantitative estimate of drug-likeness (QED) is 0.811. The van der Waals surface area contributed by atoms with Crippen molar-refractivity contribution in [3.63, 3.8) is 0 Å². The second kappa shape index (κ2) is 6.52. The molecule has 1 rings (SSSR count). The van der Waals surface area contributed by atoms with Crippen molar-refractivity contribution < 1.29 is 14.3 Å². The van der Waals surface area contributed by atoms with Crippen LogP contribution >= 0.6 is 0 Å². The number of methoxy groups -OCH3 is 1. The number of rotatable bonds is 5. The first-order valence-corrected chi connectivity index (χ1v) is 5.93.